The van der Waals surface area contributed by atoms with Crippen molar-refractivity contribution in [1.82, 2.24) is 19.8 Å². The average molecular weight is 350 g/mol. The maximum atomic E-state index is 13.2. The van der Waals surface area contributed by atoms with Gasteiger partial charge < -0.3 is 4.74 Å². The van der Waals surface area contributed by atoms with Crippen molar-refractivity contribution in [3.8, 4) is 22.4 Å². The molecule has 0 amide bonds. The van der Waals surface area contributed by atoms with Gasteiger partial charge in [0.2, 0.25) is 0 Å². The van der Waals surface area contributed by atoms with Crippen LogP contribution in [0.2, 0.25) is 0 Å². The minimum atomic E-state index is -0.411. The van der Waals surface area contributed by atoms with Crippen LogP contribution in [0, 0.1) is 5.82 Å². The van der Waals surface area contributed by atoms with Gasteiger partial charge in [0.1, 0.15) is 11.4 Å². The Morgan fingerprint density at radius 1 is 1.19 bits per heavy atom. The molecule has 4 aromatic rings. The molecule has 0 spiro atoms. The molecule has 0 aliphatic carbocycles. The van der Waals surface area contributed by atoms with Gasteiger partial charge in [-0.1, -0.05) is 0 Å². The third-order valence-electron chi connectivity index (χ3n) is 4.10. The standard InChI is InChI=1S/C19H15FN4O2/c1-2-26-19(25)16-11-22-24-8-7-13(9-17(16)24)15-10-21-23-18(15)12-3-5-14(20)6-4-12/h3-11H,2H2,1H3,(H,21,23). The maximum absolute atomic E-state index is 13.2. The number of halogens is 1. The predicted octanol–water partition coefficient (Wildman–Crippen LogP) is 3.71. The number of esters is 1. The Labute approximate surface area is 148 Å². The Morgan fingerprint density at radius 3 is 2.77 bits per heavy atom. The number of aromatic nitrogens is 4. The molecule has 0 bridgehead atoms. The minimum absolute atomic E-state index is 0.297. The number of hydrogen-bond donors (Lipinski definition) is 1. The zero-order chi connectivity index (χ0) is 18.1. The minimum Gasteiger partial charge on any atom is -0.462 e. The van der Waals surface area contributed by atoms with E-state index in [0.717, 1.165) is 22.4 Å². The van der Waals surface area contributed by atoms with Crippen LogP contribution in [-0.4, -0.2) is 32.4 Å². The first-order valence-corrected chi connectivity index (χ1v) is 8.11. The number of carbonyl (C=O) groups is 1. The molecule has 0 radical (unpaired) electrons. The molecule has 6 nitrogen and oxygen atoms in total. The fourth-order valence-electron chi connectivity index (χ4n) is 2.86. The highest BCUT2D eigenvalue weighted by atomic mass is 19.1. The number of H-pyrrole nitrogens is 1. The molecule has 1 aromatic carbocycles. The van der Waals surface area contributed by atoms with Gasteiger partial charge >= 0.3 is 5.97 Å². The molecule has 1 N–H and O–H groups in total. The van der Waals surface area contributed by atoms with Crippen molar-refractivity contribution in [3.05, 3.63) is 66.4 Å². The number of hydrogen-bond acceptors (Lipinski definition) is 4. The fraction of sp³-hybridized carbons (Fsp3) is 0.105. The predicted molar refractivity (Wildman–Crippen MR) is 94.1 cm³/mol. The van der Waals surface area contributed by atoms with Gasteiger partial charge in [0, 0.05) is 17.3 Å². The van der Waals surface area contributed by atoms with E-state index < -0.39 is 5.97 Å². The zero-order valence-electron chi connectivity index (χ0n) is 13.9. The van der Waals surface area contributed by atoms with Crippen molar-refractivity contribution >= 4 is 11.5 Å². The Bertz CT molecular complexity index is 1080. The molecule has 0 atom stereocenters. The van der Waals surface area contributed by atoms with E-state index in [1.165, 1.54) is 18.3 Å². The first-order chi connectivity index (χ1) is 12.7. The molecule has 0 aliphatic heterocycles. The van der Waals surface area contributed by atoms with Crippen LogP contribution in [0.3, 0.4) is 0 Å². The van der Waals surface area contributed by atoms with Crippen molar-refractivity contribution in [1.29, 1.82) is 0 Å². The molecule has 3 aromatic heterocycles. The summed E-state index contributed by atoms with van der Waals surface area (Å²) in [6.45, 7) is 2.06. The van der Waals surface area contributed by atoms with Gasteiger partial charge in [-0.05, 0) is 48.9 Å². The number of rotatable bonds is 4. The van der Waals surface area contributed by atoms with E-state index in [9.17, 15) is 9.18 Å². The molecule has 26 heavy (non-hydrogen) atoms. The normalized spacial score (nSPS) is 11.0. The van der Waals surface area contributed by atoms with Gasteiger partial charge in [0.25, 0.3) is 0 Å². The molecule has 7 heteroatoms. The molecule has 130 valence electrons. The summed E-state index contributed by atoms with van der Waals surface area (Å²) in [4.78, 5) is 12.1. The lowest BCUT2D eigenvalue weighted by molar-refractivity contribution is 0.0528. The second kappa shape index (κ2) is 6.44. The molecule has 0 saturated heterocycles. The second-order valence-electron chi connectivity index (χ2n) is 5.69. The summed E-state index contributed by atoms with van der Waals surface area (Å²) in [6.07, 6.45) is 4.97. The number of benzene rings is 1. The van der Waals surface area contributed by atoms with Gasteiger partial charge in [0.05, 0.1) is 30.2 Å². The van der Waals surface area contributed by atoms with Crippen LogP contribution >= 0.6 is 0 Å². The van der Waals surface area contributed by atoms with Crippen LogP contribution < -0.4 is 0 Å². The molecule has 3 heterocycles. The highest BCUT2D eigenvalue weighted by Gasteiger charge is 2.16. The van der Waals surface area contributed by atoms with Crippen LogP contribution in [0.25, 0.3) is 27.9 Å². The number of pyridine rings is 1. The summed E-state index contributed by atoms with van der Waals surface area (Å²) in [5.74, 6) is -0.708. The van der Waals surface area contributed by atoms with Gasteiger partial charge in [-0.3, -0.25) is 5.10 Å². The smallest absolute Gasteiger partial charge is 0.341 e. The maximum Gasteiger partial charge on any atom is 0.341 e. The lowest BCUT2D eigenvalue weighted by Crippen LogP contribution is -2.04. The van der Waals surface area contributed by atoms with E-state index >= 15 is 0 Å². The molecule has 0 fully saturated rings. The monoisotopic (exact) mass is 350 g/mol. The first kappa shape index (κ1) is 16.0. The molecule has 0 saturated carbocycles. The van der Waals surface area contributed by atoms with Gasteiger partial charge in [-0.25, -0.2) is 13.7 Å². The van der Waals surface area contributed by atoms with Crippen molar-refractivity contribution < 1.29 is 13.9 Å². The Kier molecular flexibility index (Phi) is 3.96. The van der Waals surface area contributed by atoms with E-state index in [1.807, 2.05) is 12.1 Å². The molecule has 0 aliphatic rings. The van der Waals surface area contributed by atoms with Crippen LogP contribution in [0.15, 0.2) is 55.0 Å². The summed E-state index contributed by atoms with van der Waals surface area (Å²) in [7, 11) is 0. The number of ether oxygens (including phenoxy) is 1. The SMILES string of the molecule is CCOC(=O)c1cnn2ccc(-c3cn[nH]c3-c3ccc(F)cc3)cc12. The Hall–Kier alpha value is -3.48. The average Bonchev–Trinajstić information content (AvgIpc) is 3.29. The highest BCUT2D eigenvalue weighted by molar-refractivity contribution is 5.97. The van der Waals surface area contributed by atoms with Gasteiger partial charge in [0.15, 0.2) is 0 Å². The highest BCUT2D eigenvalue weighted by Crippen LogP contribution is 2.31. The van der Waals surface area contributed by atoms with E-state index in [2.05, 4.69) is 15.3 Å². The molecular weight excluding hydrogens is 335 g/mol. The molecular formula is C19H15FN4O2. The quantitative estimate of drug-likeness (QED) is 0.570. The third-order valence-corrected chi connectivity index (χ3v) is 4.10. The zero-order valence-corrected chi connectivity index (χ0v) is 13.9. The number of nitrogens with zero attached hydrogens (tertiary/aromatic N) is 3. The fourth-order valence-corrected chi connectivity index (χ4v) is 2.86. The number of aromatic amines is 1. The van der Waals surface area contributed by atoms with Crippen molar-refractivity contribution in [2.45, 2.75) is 6.92 Å². The second-order valence-corrected chi connectivity index (χ2v) is 5.69. The first-order valence-electron chi connectivity index (χ1n) is 8.11. The number of fused-ring (bicyclic) bond motifs is 1. The summed E-state index contributed by atoms with van der Waals surface area (Å²) < 4.78 is 19.9. The van der Waals surface area contributed by atoms with Crippen LogP contribution in [0.1, 0.15) is 17.3 Å². The largest absolute Gasteiger partial charge is 0.462 e. The Balaban J connectivity index is 1.81. The van der Waals surface area contributed by atoms with E-state index in [-0.39, 0.29) is 5.82 Å². The van der Waals surface area contributed by atoms with Crippen molar-refractivity contribution in [2.75, 3.05) is 6.61 Å². The van der Waals surface area contributed by atoms with Crippen molar-refractivity contribution in [3.63, 3.8) is 0 Å². The van der Waals surface area contributed by atoms with Gasteiger partial charge in [-0.15, -0.1) is 0 Å². The van der Waals surface area contributed by atoms with Crippen molar-refractivity contribution in [2.24, 2.45) is 0 Å². The van der Waals surface area contributed by atoms with E-state index in [0.29, 0.717) is 17.7 Å². The number of nitrogens with one attached hydrogen (secondary N) is 1. The van der Waals surface area contributed by atoms with Gasteiger partial charge in [-0.2, -0.15) is 10.2 Å². The van der Waals surface area contributed by atoms with E-state index in [1.54, 1.807) is 36.0 Å². The molecule has 0 unspecified atom stereocenters. The van der Waals surface area contributed by atoms with Crippen LogP contribution in [0.4, 0.5) is 4.39 Å². The molecule has 4 rings (SSSR count). The number of carbonyl (C=O) groups excluding carboxylic acids is 1. The topological polar surface area (TPSA) is 72.3 Å². The summed E-state index contributed by atoms with van der Waals surface area (Å²) in [5, 5.41) is 11.3. The van der Waals surface area contributed by atoms with Crippen LogP contribution in [-0.2, 0) is 4.74 Å². The van der Waals surface area contributed by atoms with E-state index in [4.69, 9.17) is 4.74 Å². The lowest BCUT2D eigenvalue weighted by atomic mass is 10.0. The van der Waals surface area contributed by atoms with Crippen LogP contribution in [0.5, 0.6) is 0 Å². The summed E-state index contributed by atoms with van der Waals surface area (Å²) in [5.41, 5.74) is 4.34. The summed E-state index contributed by atoms with van der Waals surface area (Å²) >= 11 is 0. The Morgan fingerprint density at radius 2 is 2.00 bits per heavy atom. The third kappa shape index (κ3) is 2.73. The summed E-state index contributed by atoms with van der Waals surface area (Å²) in [6, 6.07) is 9.92. The lowest BCUT2D eigenvalue weighted by Gasteiger charge is -2.05.